The summed E-state index contributed by atoms with van der Waals surface area (Å²) in [6, 6.07) is 1.80. The summed E-state index contributed by atoms with van der Waals surface area (Å²) in [5.74, 6) is -0.0931. The Balaban J connectivity index is 2.17. The van der Waals surface area contributed by atoms with E-state index in [0.717, 1.165) is 22.4 Å². The molecule has 108 valence electrons. The molecule has 0 aliphatic rings. The monoisotopic (exact) mass is 339 g/mol. The predicted octanol–water partition coefficient (Wildman–Crippen LogP) is 1.98. The maximum atomic E-state index is 12.4. The van der Waals surface area contributed by atoms with Gasteiger partial charge in [-0.15, -0.1) is 0 Å². The molecule has 7 heteroatoms. The maximum Gasteiger partial charge on any atom is 0.274 e. The number of rotatable bonds is 4. The second-order valence-corrected chi connectivity index (χ2v) is 5.57. The van der Waals surface area contributed by atoms with Crippen molar-refractivity contribution in [3.05, 3.63) is 33.8 Å². The van der Waals surface area contributed by atoms with Crippen molar-refractivity contribution in [3.8, 4) is 0 Å². The quantitative estimate of drug-likeness (QED) is 0.855. The van der Waals surface area contributed by atoms with E-state index in [-0.39, 0.29) is 5.91 Å². The summed E-state index contributed by atoms with van der Waals surface area (Å²) in [6.07, 6.45) is 1.75. The summed E-state index contributed by atoms with van der Waals surface area (Å²) >= 11 is 3.47. The molecule has 0 radical (unpaired) electrons. The number of hydrogen-bond acceptors (Lipinski definition) is 3. The number of carbonyl (C=O) groups is 1. The van der Waals surface area contributed by atoms with Crippen LogP contribution in [0.3, 0.4) is 0 Å². The van der Waals surface area contributed by atoms with E-state index in [1.165, 1.54) is 0 Å². The van der Waals surface area contributed by atoms with Gasteiger partial charge in [-0.05, 0) is 35.8 Å². The van der Waals surface area contributed by atoms with Gasteiger partial charge in [0.25, 0.3) is 5.91 Å². The Bertz CT molecular complexity index is 611. The SMILES string of the molecule is CCn1ncc(Br)c1CN(C)C(=O)c1cc(C)n(C)n1. The van der Waals surface area contributed by atoms with E-state index in [2.05, 4.69) is 26.1 Å². The van der Waals surface area contributed by atoms with Crippen LogP contribution < -0.4 is 0 Å². The van der Waals surface area contributed by atoms with Crippen molar-refractivity contribution >= 4 is 21.8 Å². The van der Waals surface area contributed by atoms with E-state index in [1.807, 2.05) is 25.6 Å². The molecule has 2 rings (SSSR count). The van der Waals surface area contributed by atoms with Crippen molar-refractivity contribution in [2.24, 2.45) is 7.05 Å². The minimum atomic E-state index is -0.0931. The smallest absolute Gasteiger partial charge is 0.274 e. The highest BCUT2D eigenvalue weighted by molar-refractivity contribution is 9.10. The lowest BCUT2D eigenvalue weighted by Crippen LogP contribution is -2.28. The fourth-order valence-corrected chi connectivity index (χ4v) is 2.40. The van der Waals surface area contributed by atoms with Gasteiger partial charge in [0.1, 0.15) is 0 Å². The molecule has 0 unspecified atom stereocenters. The van der Waals surface area contributed by atoms with Crippen LogP contribution in [0, 0.1) is 6.92 Å². The van der Waals surface area contributed by atoms with Crippen LogP contribution in [0.4, 0.5) is 0 Å². The van der Waals surface area contributed by atoms with Crippen molar-refractivity contribution in [3.63, 3.8) is 0 Å². The third-order valence-electron chi connectivity index (χ3n) is 3.26. The number of hydrogen-bond donors (Lipinski definition) is 0. The first-order valence-corrected chi connectivity index (χ1v) is 7.19. The van der Waals surface area contributed by atoms with Gasteiger partial charge in [0.2, 0.25) is 0 Å². The molecule has 0 aliphatic carbocycles. The Morgan fingerprint density at radius 2 is 2.20 bits per heavy atom. The lowest BCUT2D eigenvalue weighted by Gasteiger charge is -2.17. The Labute approximate surface area is 126 Å². The molecule has 0 aromatic carbocycles. The van der Waals surface area contributed by atoms with Gasteiger partial charge in [0.05, 0.1) is 22.9 Å². The zero-order valence-corrected chi connectivity index (χ0v) is 13.7. The van der Waals surface area contributed by atoms with Crippen LogP contribution in [0.15, 0.2) is 16.7 Å². The fourth-order valence-electron chi connectivity index (χ4n) is 1.97. The van der Waals surface area contributed by atoms with Crippen molar-refractivity contribution < 1.29 is 4.79 Å². The van der Waals surface area contributed by atoms with Gasteiger partial charge >= 0.3 is 0 Å². The number of carbonyl (C=O) groups excluding carboxylic acids is 1. The molecule has 0 bridgehead atoms. The Hall–Kier alpha value is -1.63. The van der Waals surface area contributed by atoms with E-state index >= 15 is 0 Å². The molecular weight excluding hydrogens is 322 g/mol. The first-order valence-electron chi connectivity index (χ1n) is 6.40. The lowest BCUT2D eigenvalue weighted by molar-refractivity contribution is 0.0774. The average molecular weight is 340 g/mol. The fraction of sp³-hybridized carbons (Fsp3) is 0.462. The summed E-state index contributed by atoms with van der Waals surface area (Å²) in [5, 5.41) is 8.47. The van der Waals surface area contributed by atoms with Crippen molar-refractivity contribution in [2.75, 3.05) is 7.05 Å². The molecule has 0 saturated heterocycles. The van der Waals surface area contributed by atoms with E-state index in [4.69, 9.17) is 0 Å². The van der Waals surface area contributed by atoms with Crippen LogP contribution in [0.25, 0.3) is 0 Å². The van der Waals surface area contributed by atoms with Gasteiger partial charge in [-0.25, -0.2) is 0 Å². The van der Waals surface area contributed by atoms with Crippen LogP contribution in [-0.4, -0.2) is 37.4 Å². The van der Waals surface area contributed by atoms with Crippen LogP contribution >= 0.6 is 15.9 Å². The molecular formula is C13H18BrN5O. The summed E-state index contributed by atoms with van der Waals surface area (Å²) in [7, 11) is 3.60. The Morgan fingerprint density at radius 1 is 1.50 bits per heavy atom. The van der Waals surface area contributed by atoms with Gasteiger partial charge in [-0.3, -0.25) is 14.2 Å². The molecule has 2 aromatic rings. The number of aryl methyl sites for hydroxylation is 3. The largest absolute Gasteiger partial charge is 0.334 e. The zero-order chi connectivity index (χ0) is 14.9. The molecule has 0 saturated carbocycles. The van der Waals surface area contributed by atoms with Gasteiger partial charge < -0.3 is 4.90 Å². The van der Waals surface area contributed by atoms with Crippen LogP contribution in [0.2, 0.25) is 0 Å². The molecule has 0 N–H and O–H groups in total. The molecule has 0 fully saturated rings. The van der Waals surface area contributed by atoms with Crippen LogP contribution in [0.5, 0.6) is 0 Å². The number of nitrogens with zero attached hydrogens (tertiary/aromatic N) is 5. The van der Waals surface area contributed by atoms with Gasteiger partial charge in [0, 0.05) is 26.3 Å². The molecule has 6 nitrogen and oxygen atoms in total. The summed E-state index contributed by atoms with van der Waals surface area (Å²) in [5.41, 5.74) is 2.41. The first-order chi connectivity index (χ1) is 9.43. The number of aromatic nitrogens is 4. The highest BCUT2D eigenvalue weighted by Crippen LogP contribution is 2.18. The summed E-state index contributed by atoms with van der Waals surface area (Å²) < 4.78 is 4.49. The normalized spacial score (nSPS) is 10.8. The highest BCUT2D eigenvalue weighted by atomic mass is 79.9. The molecule has 0 spiro atoms. The predicted molar refractivity (Wildman–Crippen MR) is 79.3 cm³/mol. The molecule has 20 heavy (non-hydrogen) atoms. The minimum absolute atomic E-state index is 0.0931. The van der Waals surface area contributed by atoms with Crippen molar-refractivity contribution in [1.29, 1.82) is 0 Å². The zero-order valence-electron chi connectivity index (χ0n) is 12.1. The second-order valence-electron chi connectivity index (χ2n) is 4.71. The van der Waals surface area contributed by atoms with Crippen LogP contribution in [0.1, 0.15) is 28.8 Å². The van der Waals surface area contributed by atoms with Gasteiger partial charge in [-0.1, -0.05) is 0 Å². The topological polar surface area (TPSA) is 56.0 Å². The minimum Gasteiger partial charge on any atom is -0.334 e. The Morgan fingerprint density at radius 3 is 2.75 bits per heavy atom. The third-order valence-corrected chi connectivity index (χ3v) is 3.93. The van der Waals surface area contributed by atoms with Gasteiger partial charge in [0.15, 0.2) is 5.69 Å². The van der Waals surface area contributed by atoms with E-state index < -0.39 is 0 Å². The molecule has 0 atom stereocenters. The average Bonchev–Trinajstić information content (AvgIpc) is 2.93. The maximum absolute atomic E-state index is 12.4. The lowest BCUT2D eigenvalue weighted by atomic mass is 10.3. The van der Waals surface area contributed by atoms with E-state index in [0.29, 0.717) is 12.2 Å². The molecule has 2 heterocycles. The van der Waals surface area contributed by atoms with Crippen LogP contribution in [-0.2, 0) is 20.1 Å². The van der Waals surface area contributed by atoms with Crippen molar-refractivity contribution in [2.45, 2.75) is 26.9 Å². The number of amides is 1. The molecule has 0 aliphatic heterocycles. The molecule has 2 aromatic heterocycles. The van der Waals surface area contributed by atoms with Gasteiger partial charge in [-0.2, -0.15) is 10.2 Å². The third kappa shape index (κ3) is 2.77. The van der Waals surface area contributed by atoms with E-state index in [1.54, 1.807) is 28.9 Å². The second kappa shape index (κ2) is 5.78. The highest BCUT2D eigenvalue weighted by Gasteiger charge is 2.18. The van der Waals surface area contributed by atoms with E-state index in [9.17, 15) is 4.79 Å². The number of halogens is 1. The molecule has 1 amide bonds. The summed E-state index contributed by atoms with van der Waals surface area (Å²) in [4.78, 5) is 14.0. The standard InChI is InChI=1S/C13H18BrN5O/c1-5-19-12(10(14)7-15-19)8-17(3)13(20)11-6-9(2)18(4)16-11/h6-7H,5,8H2,1-4H3. The Kier molecular flexibility index (Phi) is 4.27. The van der Waals surface area contributed by atoms with Crippen molar-refractivity contribution in [1.82, 2.24) is 24.5 Å². The first kappa shape index (κ1) is 14.8. The summed E-state index contributed by atoms with van der Waals surface area (Å²) in [6.45, 7) is 5.20.